The maximum absolute atomic E-state index is 2.36. The molecule has 0 aliphatic heterocycles. The molecule has 0 fully saturated rings. The molecule has 0 bridgehead atoms. The van der Waals surface area contributed by atoms with Crippen molar-refractivity contribution in [3.63, 3.8) is 0 Å². The van der Waals surface area contributed by atoms with E-state index in [4.69, 9.17) is 0 Å². The fraction of sp³-hybridized carbons (Fsp3) is 0. The van der Waals surface area contributed by atoms with Gasteiger partial charge in [0, 0.05) is 0 Å². The number of fused-ring (bicyclic) bond motifs is 29. The van der Waals surface area contributed by atoms with Gasteiger partial charge in [0.05, 0.1) is 0 Å². The van der Waals surface area contributed by atoms with Crippen LogP contribution in [0.15, 0.2) is 218 Å². The van der Waals surface area contributed by atoms with Crippen LogP contribution in [0.3, 0.4) is 0 Å². The second kappa shape index (κ2) is 12.6. The maximum atomic E-state index is 2.36. The Kier molecular flexibility index (Phi) is 6.64. The van der Waals surface area contributed by atoms with Crippen molar-refractivity contribution in [3.8, 4) is 0 Å². The summed E-state index contributed by atoms with van der Waals surface area (Å²) in [7, 11) is 0. The summed E-state index contributed by atoms with van der Waals surface area (Å²) >= 11 is 0. The quantitative estimate of drug-likeness (QED) is 0.134. The maximum Gasteiger partial charge on any atom is -0.00139 e. The minimum Gasteiger partial charge on any atom is -0.0616 e. The summed E-state index contributed by atoms with van der Waals surface area (Å²) in [6.07, 6.45) is 0. The molecule has 0 aromatic heterocycles. The smallest absolute Gasteiger partial charge is 0.00139 e. The van der Waals surface area contributed by atoms with E-state index in [0.717, 1.165) is 0 Å². The van der Waals surface area contributed by atoms with E-state index in [1.54, 1.807) is 0 Å². The SMILES string of the molecule is c1ccc2c(c1)ccc1ccc3ccc4ccc5ccc6ccc7ccc8ccc9ccc%10ccc%11ccc%12ccc%13ccc%14ccc%15ccccc%15c%14c%13c%12c%11c%10c9c8c7c6c5c4c3c12. The van der Waals surface area contributed by atoms with Crippen LogP contribution < -0.4 is 0 Å². The zero-order chi connectivity index (χ0) is 42.8. The van der Waals surface area contributed by atoms with Gasteiger partial charge >= 0.3 is 0 Å². The zero-order valence-corrected chi connectivity index (χ0v) is 35.8. The van der Waals surface area contributed by atoms with Crippen LogP contribution in [0.1, 0.15) is 0 Å². The topological polar surface area (TPSA) is 0 Å². The molecule has 0 aliphatic carbocycles. The van der Waals surface area contributed by atoms with Gasteiger partial charge in [-0.05, 0) is 162 Å². The summed E-state index contributed by atoms with van der Waals surface area (Å²) in [6.45, 7) is 0. The molecule has 0 heterocycles. The minimum absolute atomic E-state index is 1.26. The molecule has 16 aromatic rings. The molecule has 16 aromatic carbocycles. The third-order valence-electron chi connectivity index (χ3n) is 15.4. The highest BCUT2D eigenvalue weighted by Crippen LogP contribution is 2.49. The lowest BCUT2D eigenvalue weighted by atomic mass is 9.84. The van der Waals surface area contributed by atoms with E-state index in [2.05, 4.69) is 218 Å². The van der Waals surface area contributed by atoms with Gasteiger partial charge in [0.1, 0.15) is 0 Å². The molecule has 0 saturated heterocycles. The van der Waals surface area contributed by atoms with Crippen molar-refractivity contribution in [1.82, 2.24) is 0 Å². The van der Waals surface area contributed by atoms with Crippen LogP contribution in [0.5, 0.6) is 0 Å². The van der Waals surface area contributed by atoms with Crippen molar-refractivity contribution in [2.75, 3.05) is 0 Å². The van der Waals surface area contributed by atoms with Gasteiger partial charge in [0.2, 0.25) is 0 Å². The van der Waals surface area contributed by atoms with Crippen LogP contribution in [0.25, 0.3) is 162 Å². The van der Waals surface area contributed by atoms with Crippen LogP contribution in [-0.4, -0.2) is 0 Å². The standard InChI is InChI=1S/C66H36/c1-3-7-52-37(5-1)9-11-39-13-15-41-17-19-43-21-23-45-25-27-47-29-31-49-33-35-51-36-34-50-32-30-48-28-26-46-24-22-44-20-18-42-16-14-40-12-10-38-6-2-4-8-53(38)55(40)57(42)59(44)61(46)63(48)65(50)66(51)64(49)62(47)60(45)58(43)56(41)54(39)52/h1-36H. The first-order chi connectivity index (χ1) is 32.7. The predicted molar refractivity (Wildman–Crippen MR) is 289 cm³/mol. The van der Waals surface area contributed by atoms with Crippen LogP contribution in [0.4, 0.5) is 0 Å². The van der Waals surface area contributed by atoms with Crippen molar-refractivity contribution >= 4 is 162 Å². The molecule has 16 rings (SSSR count). The summed E-state index contributed by atoms with van der Waals surface area (Å²) in [5.74, 6) is 0. The van der Waals surface area contributed by atoms with E-state index in [9.17, 15) is 0 Å². The average Bonchev–Trinajstić information content (AvgIpc) is 3.38. The lowest BCUT2D eigenvalue weighted by molar-refractivity contribution is 1.79. The van der Waals surface area contributed by atoms with E-state index in [-0.39, 0.29) is 0 Å². The van der Waals surface area contributed by atoms with E-state index in [1.807, 2.05) is 0 Å². The number of rotatable bonds is 0. The molecule has 0 saturated carbocycles. The number of hydrogen-bond donors (Lipinski definition) is 0. The molecule has 0 amide bonds. The Morgan fingerprint density at radius 3 is 0.439 bits per heavy atom. The van der Waals surface area contributed by atoms with E-state index < -0.39 is 0 Å². The highest BCUT2D eigenvalue weighted by Gasteiger charge is 2.20. The lowest BCUT2D eigenvalue weighted by Crippen LogP contribution is -1.90. The van der Waals surface area contributed by atoms with Crippen LogP contribution >= 0.6 is 0 Å². The fourth-order valence-electron chi connectivity index (χ4n) is 12.6. The number of hydrogen-bond acceptors (Lipinski definition) is 0. The molecule has 66 heavy (non-hydrogen) atoms. The zero-order valence-electron chi connectivity index (χ0n) is 35.8. The normalized spacial score (nSPS) is 12.5. The Hall–Kier alpha value is -8.58. The van der Waals surface area contributed by atoms with E-state index >= 15 is 0 Å². The van der Waals surface area contributed by atoms with Gasteiger partial charge in [-0.3, -0.25) is 0 Å². The Balaban J connectivity index is 1.19. The van der Waals surface area contributed by atoms with Gasteiger partial charge < -0.3 is 0 Å². The molecular formula is C66H36. The second-order valence-electron chi connectivity index (χ2n) is 18.6. The Morgan fingerprint density at radius 2 is 0.242 bits per heavy atom. The largest absolute Gasteiger partial charge is 0.0616 e. The van der Waals surface area contributed by atoms with Crippen LogP contribution in [0, 0.1) is 0 Å². The monoisotopic (exact) mass is 828 g/mol. The molecule has 0 atom stereocenters. The summed E-state index contributed by atoms with van der Waals surface area (Å²) in [6, 6.07) is 83.2. The summed E-state index contributed by atoms with van der Waals surface area (Å²) in [4.78, 5) is 0. The molecule has 300 valence electrons. The Bertz CT molecular complexity index is 4550. The predicted octanol–water partition coefficient (Wildman–Crippen LogP) is 19.0. The van der Waals surface area contributed by atoms with Crippen molar-refractivity contribution < 1.29 is 0 Å². The molecule has 0 spiro atoms. The van der Waals surface area contributed by atoms with Gasteiger partial charge in [-0.15, -0.1) is 0 Å². The highest BCUT2D eigenvalue weighted by atomic mass is 14.2. The molecule has 0 unspecified atom stereocenters. The van der Waals surface area contributed by atoms with Crippen LogP contribution in [0.2, 0.25) is 0 Å². The van der Waals surface area contributed by atoms with E-state index in [1.165, 1.54) is 162 Å². The second-order valence-corrected chi connectivity index (χ2v) is 18.6. The highest BCUT2D eigenvalue weighted by molar-refractivity contribution is 6.44. The molecule has 0 N–H and O–H groups in total. The van der Waals surface area contributed by atoms with Crippen molar-refractivity contribution in [1.29, 1.82) is 0 Å². The van der Waals surface area contributed by atoms with Crippen LogP contribution in [-0.2, 0) is 0 Å². The van der Waals surface area contributed by atoms with E-state index in [0.29, 0.717) is 0 Å². The average molecular weight is 829 g/mol. The summed E-state index contributed by atoms with van der Waals surface area (Å²) < 4.78 is 0. The molecular weight excluding hydrogens is 793 g/mol. The molecule has 0 heteroatoms. The van der Waals surface area contributed by atoms with Crippen molar-refractivity contribution in [2.24, 2.45) is 0 Å². The third kappa shape index (κ3) is 4.48. The third-order valence-corrected chi connectivity index (χ3v) is 15.4. The van der Waals surface area contributed by atoms with Gasteiger partial charge in [0.15, 0.2) is 0 Å². The Morgan fingerprint density at radius 1 is 0.106 bits per heavy atom. The van der Waals surface area contributed by atoms with Gasteiger partial charge in [-0.25, -0.2) is 0 Å². The van der Waals surface area contributed by atoms with Crippen molar-refractivity contribution in [3.05, 3.63) is 218 Å². The van der Waals surface area contributed by atoms with Gasteiger partial charge in [0.25, 0.3) is 0 Å². The number of benzene rings is 16. The van der Waals surface area contributed by atoms with Gasteiger partial charge in [-0.1, -0.05) is 218 Å². The van der Waals surface area contributed by atoms with Gasteiger partial charge in [-0.2, -0.15) is 0 Å². The lowest BCUT2D eigenvalue weighted by Gasteiger charge is -2.18. The first-order valence-corrected chi connectivity index (χ1v) is 23.2. The first kappa shape index (κ1) is 34.9. The fourth-order valence-corrected chi connectivity index (χ4v) is 12.6. The molecule has 0 radical (unpaired) electrons. The summed E-state index contributed by atoms with van der Waals surface area (Å²) in [5.41, 5.74) is 0. The molecule has 0 nitrogen and oxygen atoms in total. The summed E-state index contributed by atoms with van der Waals surface area (Å²) in [5, 5.41) is 38.8. The first-order valence-electron chi connectivity index (χ1n) is 23.2. The minimum atomic E-state index is 1.26. The van der Waals surface area contributed by atoms with Crippen molar-refractivity contribution in [2.45, 2.75) is 0 Å². The Labute approximate surface area is 378 Å². The molecule has 0 aliphatic rings.